The van der Waals surface area contributed by atoms with Gasteiger partial charge in [0.25, 0.3) is 0 Å². The van der Waals surface area contributed by atoms with Crippen LogP contribution in [0.2, 0.25) is 0 Å². The highest BCUT2D eigenvalue weighted by atomic mass is 15.3. The number of hydrogen-bond acceptors (Lipinski definition) is 3. The zero-order chi connectivity index (χ0) is 14.8. The molecule has 0 amide bonds. The standard InChI is InChI=1S/C17H21N5/c1-3-7-13(8-4-1)11-18-16-17(9-5-2-6-10-17)21-15-14(20-16)12-19-22-15/h1,3-4,7-8,12H,2,5-6,9-11H2,(H,18,20)(H2,19,21,22). The Balaban J connectivity index is 1.65. The maximum atomic E-state index is 4.91. The number of rotatable bonds is 2. The van der Waals surface area contributed by atoms with Crippen LogP contribution in [0, 0.1) is 0 Å². The molecular weight excluding hydrogens is 274 g/mol. The molecule has 1 spiro atoms. The summed E-state index contributed by atoms with van der Waals surface area (Å²) >= 11 is 0. The maximum Gasteiger partial charge on any atom is 0.146 e. The smallest absolute Gasteiger partial charge is 0.146 e. The van der Waals surface area contributed by atoms with Gasteiger partial charge >= 0.3 is 0 Å². The molecule has 0 atom stereocenters. The van der Waals surface area contributed by atoms with Crippen molar-refractivity contribution in [2.24, 2.45) is 4.99 Å². The van der Waals surface area contributed by atoms with Crippen molar-refractivity contribution in [1.29, 1.82) is 0 Å². The molecule has 0 unspecified atom stereocenters. The maximum absolute atomic E-state index is 4.91. The summed E-state index contributed by atoms with van der Waals surface area (Å²) in [4.78, 5) is 4.91. The van der Waals surface area contributed by atoms with Crippen LogP contribution >= 0.6 is 0 Å². The molecule has 1 aromatic carbocycles. The van der Waals surface area contributed by atoms with Crippen LogP contribution in [0.5, 0.6) is 0 Å². The molecule has 1 aromatic heterocycles. The molecule has 2 aromatic rings. The Bertz CT molecular complexity index is 667. The van der Waals surface area contributed by atoms with E-state index in [1.54, 1.807) is 0 Å². The lowest BCUT2D eigenvalue weighted by Gasteiger charge is -2.42. The SMILES string of the molecule is c1ccc(CN=C2Nc3cn[nH]c3NC23CCCCC3)cc1. The van der Waals surface area contributed by atoms with Crippen molar-refractivity contribution in [3.63, 3.8) is 0 Å². The van der Waals surface area contributed by atoms with Gasteiger partial charge in [-0.25, -0.2) is 0 Å². The third kappa shape index (κ3) is 2.36. The minimum Gasteiger partial charge on any atom is -0.356 e. The Hall–Kier alpha value is -2.30. The number of fused-ring (bicyclic) bond motifs is 1. The van der Waals surface area contributed by atoms with E-state index in [4.69, 9.17) is 4.99 Å². The van der Waals surface area contributed by atoms with Gasteiger partial charge in [-0.15, -0.1) is 0 Å². The summed E-state index contributed by atoms with van der Waals surface area (Å²) in [5.41, 5.74) is 2.16. The summed E-state index contributed by atoms with van der Waals surface area (Å²) in [5, 5.41) is 14.3. The van der Waals surface area contributed by atoms with Gasteiger partial charge in [-0.05, 0) is 18.4 Å². The summed E-state index contributed by atoms with van der Waals surface area (Å²) in [5.74, 6) is 2.05. The van der Waals surface area contributed by atoms with Crippen molar-refractivity contribution in [2.45, 2.75) is 44.2 Å². The number of hydrogen-bond donors (Lipinski definition) is 3. The Labute approximate surface area is 130 Å². The molecule has 114 valence electrons. The van der Waals surface area contributed by atoms with E-state index in [0.29, 0.717) is 6.54 Å². The van der Waals surface area contributed by atoms with Crippen LogP contribution in [0.4, 0.5) is 11.5 Å². The van der Waals surface area contributed by atoms with Crippen LogP contribution in [0.15, 0.2) is 41.5 Å². The first-order chi connectivity index (χ1) is 10.9. The zero-order valence-corrected chi connectivity index (χ0v) is 12.6. The van der Waals surface area contributed by atoms with E-state index >= 15 is 0 Å². The minimum atomic E-state index is -0.0629. The van der Waals surface area contributed by atoms with E-state index in [0.717, 1.165) is 30.2 Å². The third-order valence-corrected chi connectivity index (χ3v) is 4.68. The highest BCUT2D eigenvalue weighted by Gasteiger charge is 2.41. The summed E-state index contributed by atoms with van der Waals surface area (Å²) in [6, 6.07) is 10.4. The minimum absolute atomic E-state index is 0.0629. The Morgan fingerprint density at radius 3 is 2.73 bits per heavy atom. The van der Waals surface area contributed by atoms with Crippen LogP contribution in [0.25, 0.3) is 0 Å². The molecule has 22 heavy (non-hydrogen) atoms. The number of nitrogens with one attached hydrogen (secondary N) is 3. The van der Waals surface area contributed by atoms with Crippen molar-refractivity contribution in [3.05, 3.63) is 42.1 Å². The molecule has 1 aliphatic heterocycles. The van der Waals surface area contributed by atoms with E-state index in [9.17, 15) is 0 Å². The first-order valence-electron chi connectivity index (χ1n) is 8.03. The molecule has 2 aliphatic rings. The largest absolute Gasteiger partial charge is 0.356 e. The third-order valence-electron chi connectivity index (χ3n) is 4.68. The number of aliphatic imine (C=N–C) groups is 1. The summed E-state index contributed by atoms with van der Waals surface area (Å²) in [6.07, 6.45) is 7.84. The normalized spacial score (nSPS) is 21.2. The summed E-state index contributed by atoms with van der Waals surface area (Å²) < 4.78 is 0. The second-order valence-electron chi connectivity index (χ2n) is 6.20. The van der Waals surface area contributed by atoms with E-state index in [-0.39, 0.29) is 5.54 Å². The Morgan fingerprint density at radius 2 is 1.91 bits per heavy atom. The fourth-order valence-electron chi connectivity index (χ4n) is 3.48. The van der Waals surface area contributed by atoms with Crippen LogP contribution in [0.3, 0.4) is 0 Å². The molecule has 1 fully saturated rings. The molecule has 1 aliphatic carbocycles. The van der Waals surface area contributed by atoms with Gasteiger partial charge in [-0.3, -0.25) is 10.1 Å². The zero-order valence-electron chi connectivity index (χ0n) is 12.6. The second kappa shape index (κ2) is 5.48. The molecule has 5 nitrogen and oxygen atoms in total. The van der Waals surface area contributed by atoms with Crippen molar-refractivity contribution in [1.82, 2.24) is 10.2 Å². The summed E-state index contributed by atoms with van der Waals surface area (Å²) in [7, 11) is 0. The van der Waals surface area contributed by atoms with Crippen LogP contribution in [0.1, 0.15) is 37.7 Å². The lowest BCUT2D eigenvalue weighted by Crippen LogP contribution is -2.53. The lowest BCUT2D eigenvalue weighted by atomic mass is 9.79. The van der Waals surface area contributed by atoms with Gasteiger partial charge in [0.1, 0.15) is 17.3 Å². The van der Waals surface area contributed by atoms with Gasteiger partial charge in [0.05, 0.1) is 18.3 Å². The number of benzene rings is 1. The molecule has 4 rings (SSSR count). The predicted molar refractivity (Wildman–Crippen MR) is 89.2 cm³/mol. The fourth-order valence-corrected chi connectivity index (χ4v) is 3.48. The molecule has 3 N–H and O–H groups in total. The monoisotopic (exact) mass is 295 g/mol. The van der Waals surface area contributed by atoms with Gasteiger partial charge in [-0.1, -0.05) is 49.6 Å². The second-order valence-corrected chi connectivity index (χ2v) is 6.20. The van der Waals surface area contributed by atoms with E-state index < -0.39 is 0 Å². The average molecular weight is 295 g/mol. The number of H-pyrrole nitrogens is 1. The number of aromatic nitrogens is 2. The van der Waals surface area contributed by atoms with Crippen molar-refractivity contribution >= 4 is 17.3 Å². The van der Waals surface area contributed by atoms with Gasteiger partial charge in [0.15, 0.2) is 0 Å². The highest BCUT2D eigenvalue weighted by molar-refractivity contribution is 6.08. The molecule has 5 heteroatoms. The lowest BCUT2D eigenvalue weighted by molar-refractivity contribution is 0.402. The predicted octanol–water partition coefficient (Wildman–Crippen LogP) is 3.55. The molecule has 0 bridgehead atoms. The van der Waals surface area contributed by atoms with E-state index in [1.807, 2.05) is 12.3 Å². The van der Waals surface area contributed by atoms with Crippen molar-refractivity contribution in [3.8, 4) is 0 Å². The van der Waals surface area contributed by atoms with Crippen LogP contribution in [-0.4, -0.2) is 21.6 Å². The van der Waals surface area contributed by atoms with Crippen molar-refractivity contribution < 1.29 is 0 Å². The highest BCUT2D eigenvalue weighted by Crippen LogP contribution is 2.38. The van der Waals surface area contributed by atoms with Gasteiger partial charge in [0, 0.05) is 0 Å². The first-order valence-corrected chi connectivity index (χ1v) is 8.03. The van der Waals surface area contributed by atoms with Crippen LogP contribution in [-0.2, 0) is 6.54 Å². The molecule has 2 heterocycles. The van der Waals surface area contributed by atoms with Crippen molar-refractivity contribution in [2.75, 3.05) is 10.6 Å². The topological polar surface area (TPSA) is 65.1 Å². The van der Waals surface area contributed by atoms with Gasteiger partial charge in [-0.2, -0.15) is 5.10 Å². The van der Waals surface area contributed by atoms with E-state index in [1.165, 1.54) is 24.8 Å². The number of amidine groups is 1. The Kier molecular flexibility index (Phi) is 3.33. The van der Waals surface area contributed by atoms with Crippen LogP contribution < -0.4 is 10.6 Å². The first kappa shape index (κ1) is 13.4. The molecule has 1 saturated carbocycles. The number of anilines is 2. The average Bonchev–Trinajstić information content (AvgIpc) is 3.01. The fraction of sp³-hybridized carbons (Fsp3) is 0.412. The van der Waals surface area contributed by atoms with Gasteiger partial charge in [0.2, 0.25) is 0 Å². The van der Waals surface area contributed by atoms with Gasteiger partial charge < -0.3 is 10.6 Å². The summed E-state index contributed by atoms with van der Waals surface area (Å²) in [6.45, 7) is 0.708. The molecule has 0 saturated heterocycles. The molecular formula is C17H21N5. The molecule has 0 radical (unpaired) electrons. The van der Waals surface area contributed by atoms with E-state index in [2.05, 4.69) is 45.1 Å². The number of nitrogens with zero attached hydrogens (tertiary/aromatic N) is 2. The Morgan fingerprint density at radius 1 is 1.09 bits per heavy atom. The quantitative estimate of drug-likeness (QED) is 0.794. The number of aromatic amines is 1.